The highest BCUT2D eigenvalue weighted by Crippen LogP contribution is 2.12. The number of hydrogen-bond donors (Lipinski definition) is 0. The van der Waals surface area contributed by atoms with Crippen LogP contribution in [-0.2, 0) is 0 Å². The molecule has 0 saturated carbocycles. The molecule has 0 nitrogen and oxygen atoms in total. The van der Waals surface area contributed by atoms with Crippen LogP contribution in [0.3, 0.4) is 0 Å². The fourth-order valence-corrected chi connectivity index (χ4v) is 2.84. The van der Waals surface area contributed by atoms with Gasteiger partial charge < -0.3 is 0 Å². The molecule has 0 bridgehead atoms. The van der Waals surface area contributed by atoms with Crippen molar-refractivity contribution in [1.82, 2.24) is 0 Å². The second kappa shape index (κ2) is 22.7. The van der Waals surface area contributed by atoms with E-state index in [1.807, 2.05) is 30.4 Å². The maximum absolute atomic E-state index is 5.24. The van der Waals surface area contributed by atoms with Crippen LogP contribution in [0, 0.1) is 6.58 Å². The highest BCUT2D eigenvalue weighted by molar-refractivity contribution is 5.16. The summed E-state index contributed by atoms with van der Waals surface area (Å²) in [5.41, 5.74) is 0. The Kier molecular flexibility index (Phi) is 21.5. The van der Waals surface area contributed by atoms with Crippen molar-refractivity contribution in [1.29, 1.82) is 0 Å². The second-order valence-electron chi connectivity index (χ2n) is 6.81. The molecule has 0 heteroatoms. The third kappa shape index (κ3) is 22.7. The Morgan fingerprint density at radius 2 is 0.880 bits per heavy atom. The van der Waals surface area contributed by atoms with Crippen molar-refractivity contribution in [2.24, 2.45) is 0 Å². The molecule has 141 valence electrons. The summed E-state index contributed by atoms with van der Waals surface area (Å²) >= 11 is 0. The highest BCUT2D eigenvalue weighted by atomic mass is 14.0. The Labute approximate surface area is 158 Å². The van der Waals surface area contributed by atoms with Crippen LogP contribution in [-0.4, -0.2) is 0 Å². The van der Waals surface area contributed by atoms with Gasteiger partial charge >= 0.3 is 0 Å². The lowest BCUT2D eigenvalue weighted by atomic mass is 10.0. The van der Waals surface area contributed by atoms with Gasteiger partial charge in [-0.1, -0.05) is 145 Å². The van der Waals surface area contributed by atoms with Gasteiger partial charge in [0.25, 0.3) is 0 Å². The summed E-state index contributed by atoms with van der Waals surface area (Å²) in [5.74, 6) is 0. The number of rotatable bonds is 18. The lowest BCUT2D eigenvalue weighted by molar-refractivity contribution is 0.540. The van der Waals surface area contributed by atoms with Crippen LogP contribution in [0.2, 0.25) is 0 Å². The molecule has 0 atom stereocenters. The Bertz CT molecular complexity index is 367. The van der Waals surface area contributed by atoms with Gasteiger partial charge in [0, 0.05) is 0 Å². The Hall–Kier alpha value is -1.30. The maximum atomic E-state index is 5.24. The Morgan fingerprint density at radius 1 is 0.480 bits per heavy atom. The zero-order valence-electron chi connectivity index (χ0n) is 16.7. The topological polar surface area (TPSA) is 0 Å². The van der Waals surface area contributed by atoms with E-state index in [0.29, 0.717) is 0 Å². The molecule has 1 radical (unpaired) electrons. The van der Waals surface area contributed by atoms with E-state index < -0.39 is 0 Å². The van der Waals surface area contributed by atoms with Crippen LogP contribution < -0.4 is 0 Å². The molecule has 0 aliphatic heterocycles. The number of hydrogen-bond acceptors (Lipinski definition) is 0. The first-order valence-electron chi connectivity index (χ1n) is 10.6. The first-order valence-corrected chi connectivity index (χ1v) is 10.6. The van der Waals surface area contributed by atoms with Crippen LogP contribution in [0.25, 0.3) is 0 Å². The van der Waals surface area contributed by atoms with E-state index in [0.717, 1.165) is 0 Å². The van der Waals surface area contributed by atoms with E-state index in [-0.39, 0.29) is 0 Å². The van der Waals surface area contributed by atoms with Gasteiger partial charge in [0.1, 0.15) is 0 Å². The highest BCUT2D eigenvalue weighted by Gasteiger charge is 1.93. The smallest absolute Gasteiger partial charge is 0.0348 e. The van der Waals surface area contributed by atoms with Crippen LogP contribution in [0.15, 0.2) is 54.7 Å². The van der Waals surface area contributed by atoms with Crippen molar-refractivity contribution in [2.75, 3.05) is 0 Å². The number of unbranched alkanes of at least 4 members (excludes halogenated alkanes) is 13. The molecule has 0 N–H and O–H groups in total. The first kappa shape index (κ1) is 23.7. The molecule has 0 fully saturated rings. The van der Waals surface area contributed by atoms with Gasteiger partial charge in [-0.15, -0.1) is 0 Å². The SMILES string of the molecule is [CH]=CC=CC=CC=CC=CCCCCCCCCCCCCCCC. The third-order valence-electron chi connectivity index (χ3n) is 4.39. The lowest BCUT2D eigenvalue weighted by Crippen LogP contribution is -1.82. The van der Waals surface area contributed by atoms with Crippen LogP contribution in [0.5, 0.6) is 0 Å². The van der Waals surface area contributed by atoms with E-state index >= 15 is 0 Å². The summed E-state index contributed by atoms with van der Waals surface area (Å²) in [4.78, 5) is 0. The largest absolute Gasteiger partial charge is 0.0845 e. The average Bonchev–Trinajstić information content (AvgIpc) is 2.63. The molecule has 0 saturated heterocycles. The van der Waals surface area contributed by atoms with E-state index in [1.165, 1.54) is 96.0 Å². The minimum Gasteiger partial charge on any atom is -0.0845 e. The van der Waals surface area contributed by atoms with Crippen molar-refractivity contribution >= 4 is 0 Å². The summed E-state index contributed by atoms with van der Waals surface area (Å²) in [6, 6.07) is 0. The lowest BCUT2D eigenvalue weighted by Gasteiger charge is -2.02. The van der Waals surface area contributed by atoms with Gasteiger partial charge in [-0.25, -0.2) is 0 Å². The summed E-state index contributed by atoms with van der Waals surface area (Å²) in [7, 11) is 0. The van der Waals surface area contributed by atoms with E-state index in [4.69, 9.17) is 6.58 Å². The average molecular weight is 342 g/mol. The minimum atomic E-state index is 1.20. The quantitative estimate of drug-likeness (QED) is 0.173. The third-order valence-corrected chi connectivity index (χ3v) is 4.39. The van der Waals surface area contributed by atoms with E-state index in [9.17, 15) is 0 Å². The van der Waals surface area contributed by atoms with Gasteiger partial charge in [-0.05, 0) is 12.8 Å². The van der Waals surface area contributed by atoms with Crippen molar-refractivity contribution in [3.05, 3.63) is 61.3 Å². The van der Waals surface area contributed by atoms with Gasteiger partial charge in [0.05, 0.1) is 0 Å². The minimum absolute atomic E-state index is 1.20. The summed E-state index contributed by atoms with van der Waals surface area (Å²) < 4.78 is 0. The van der Waals surface area contributed by atoms with Crippen LogP contribution >= 0.6 is 0 Å². The molecule has 0 rings (SSSR count). The van der Waals surface area contributed by atoms with Crippen molar-refractivity contribution < 1.29 is 0 Å². The van der Waals surface area contributed by atoms with E-state index in [2.05, 4.69) is 25.2 Å². The molecule has 0 heterocycles. The molecule has 0 unspecified atom stereocenters. The summed E-state index contributed by atoms with van der Waals surface area (Å²) in [6.45, 7) is 7.53. The Balaban J connectivity index is 3.21. The van der Waals surface area contributed by atoms with Crippen molar-refractivity contribution in [2.45, 2.75) is 96.8 Å². The fraction of sp³-hybridized carbons (Fsp3) is 0.600. The molecular formula is C25H41. The van der Waals surface area contributed by atoms with Gasteiger partial charge in [0.2, 0.25) is 0 Å². The standard InChI is InChI=1S/C25H41/c1-3-5-7-9-11-13-15-17-19-21-23-25-24-22-20-18-16-14-12-10-8-6-4-2/h1,3,5,7,9,11,13,15,17,19H,4,6,8,10,12,14,16,18,20-25H2,2H3. The van der Waals surface area contributed by atoms with Crippen LogP contribution in [0.4, 0.5) is 0 Å². The molecule has 0 aliphatic rings. The molecule has 0 amide bonds. The van der Waals surface area contributed by atoms with Gasteiger partial charge in [-0.3, -0.25) is 0 Å². The van der Waals surface area contributed by atoms with Crippen LogP contribution in [0.1, 0.15) is 96.8 Å². The maximum Gasteiger partial charge on any atom is -0.0348 e. The molecule has 25 heavy (non-hydrogen) atoms. The van der Waals surface area contributed by atoms with Crippen molar-refractivity contribution in [3.8, 4) is 0 Å². The molecular weight excluding hydrogens is 300 g/mol. The summed E-state index contributed by atoms with van der Waals surface area (Å²) in [5, 5.41) is 0. The summed E-state index contributed by atoms with van der Waals surface area (Å²) in [6.07, 6.45) is 37.5. The first-order chi connectivity index (χ1) is 12.4. The molecule has 0 aromatic carbocycles. The fourth-order valence-electron chi connectivity index (χ4n) is 2.84. The monoisotopic (exact) mass is 341 g/mol. The molecule has 0 aromatic heterocycles. The number of allylic oxidation sites excluding steroid dienone is 9. The predicted octanol–water partition coefficient (Wildman–Crippen LogP) is 8.68. The molecule has 0 aliphatic carbocycles. The second-order valence-corrected chi connectivity index (χ2v) is 6.81. The van der Waals surface area contributed by atoms with E-state index in [1.54, 1.807) is 0 Å². The zero-order chi connectivity index (χ0) is 18.3. The molecule has 0 spiro atoms. The Morgan fingerprint density at radius 3 is 1.36 bits per heavy atom. The van der Waals surface area contributed by atoms with Gasteiger partial charge in [0.15, 0.2) is 0 Å². The predicted molar refractivity (Wildman–Crippen MR) is 116 cm³/mol. The van der Waals surface area contributed by atoms with Crippen molar-refractivity contribution in [3.63, 3.8) is 0 Å². The normalized spacial score (nSPS) is 12.4. The molecule has 0 aromatic rings. The van der Waals surface area contributed by atoms with Gasteiger partial charge in [-0.2, -0.15) is 0 Å². The zero-order valence-corrected chi connectivity index (χ0v) is 16.7.